The van der Waals surface area contributed by atoms with Gasteiger partial charge in [-0.2, -0.15) is 0 Å². The van der Waals surface area contributed by atoms with E-state index in [0.29, 0.717) is 17.5 Å². The molecule has 5 rings (SSSR count). The number of carbonyl (C=O) groups excluding carboxylic acids is 9. The highest BCUT2D eigenvalue weighted by molar-refractivity contribution is 5.99. The van der Waals surface area contributed by atoms with E-state index >= 15 is 0 Å². The molecule has 9 amide bonds. The second-order valence-corrected chi connectivity index (χ2v) is 23.1. The molecule has 30 nitrogen and oxygen atoms in total. The molecule has 18 N–H and O–H groups in total. The number of carboxylic acid groups (broad SMARTS) is 3. The van der Waals surface area contributed by atoms with E-state index < -0.39 is 164 Å². The van der Waals surface area contributed by atoms with Gasteiger partial charge in [-0.3, -0.25) is 67.9 Å². The average Bonchev–Trinajstić information content (AvgIpc) is 1.84. The molecule has 502 valence electrons. The van der Waals surface area contributed by atoms with Crippen molar-refractivity contribution in [3.63, 3.8) is 0 Å². The van der Waals surface area contributed by atoms with Crippen molar-refractivity contribution >= 4 is 87.8 Å². The topological polar surface area (TPSA) is 486 Å². The van der Waals surface area contributed by atoms with Crippen LogP contribution in [-0.2, 0) is 76.8 Å². The fourth-order valence-electron chi connectivity index (χ4n) is 10.3. The molecule has 1 saturated heterocycles. The van der Waals surface area contributed by atoms with Crippen molar-refractivity contribution in [3.05, 3.63) is 114 Å². The van der Waals surface area contributed by atoms with Crippen LogP contribution < -0.4 is 59.3 Å². The van der Waals surface area contributed by atoms with Crippen molar-refractivity contribution in [1.82, 2.24) is 57.7 Å². The molecule has 0 saturated carbocycles. The maximum atomic E-state index is 14.4. The number of carbonyl (C=O) groups is 12. The number of hydrogen-bond donors (Lipinski definition) is 16. The zero-order valence-electron chi connectivity index (χ0n) is 51.9. The molecule has 0 unspecified atom stereocenters. The summed E-state index contributed by atoms with van der Waals surface area (Å²) in [5, 5.41) is 71.3. The molecule has 0 radical (unpaired) electrons. The second kappa shape index (κ2) is 36.7. The number of fused-ring (bicyclic) bond motifs is 1. The summed E-state index contributed by atoms with van der Waals surface area (Å²) in [4.78, 5) is 168. The summed E-state index contributed by atoms with van der Waals surface area (Å²) in [5.74, 6) is -13.5. The van der Waals surface area contributed by atoms with Crippen LogP contribution in [0.25, 0.3) is 10.8 Å². The fourth-order valence-corrected chi connectivity index (χ4v) is 10.3. The number of amides is 9. The molecule has 0 bridgehead atoms. The van der Waals surface area contributed by atoms with Gasteiger partial charge < -0.3 is 84.6 Å². The van der Waals surface area contributed by atoms with Gasteiger partial charge >= 0.3 is 17.9 Å². The molecule has 10 atom stereocenters. The largest absolute Gasteiger partial charge is 0.481 e. The summed E-state index contributed by atoms with van der Waals surface area (Å²) >= 11 is 0. The molecule has 30 heteroatoms. The number of hydrogen-bond acceptors (Lipinski definition) is 16. The molecular weight excluding hydrogens is 1210 g/mol. The third-order valence-corrected chi connectivity index (χ3v) is 15.2. The molecule has 2 heterocycles. The number of rotatable bonds is 37. The molecule has 0 aliphatic carbocycles. The number of nitrogens with zero attached hydrogens (tertiary/aromatic N) is 2. The SMILES string of the molecule is CC(C)C[C@H](NC(=O)[C@@H](CCC(=O)O)NC(=O)[C@@H](CCC(=O)O)NC(=O)[C@H](CO)NC(=O)[C@@H](Cc1cccnc1)NC(=O)[C@@H](Cc1ccccc1)NC(=O)[C@H](N)Cc1ccc2ccccc2c1)C(=O)N[C@@H](CCCNC(=N)N)C(=O)N1CCC[C@H]1C(=O)N[C@H](C)C(=O)O. The minimum atomic E-state index is -1.91. The van der Waals surface area contributed by atoms with Crippen LogP contribution in [0.5, 0.6) is 0 Å². The van der Waals surface area contributed by atoms with E-state index in [1.54, 1.807) is 56.3 Å². The lowest BCUT2D eigenvalue weighted by Gasteiger charge is -2.31. The van der Waals surface area contributed by atoms with E-state index in [-0.39, 0.29) is 69.9 Å². The van der Waals surface area contributed by atoms with E-state index in [2.05, 4.69) is 52.8 Å². The Labute approximate surface area is 536 Å². The number of aliphatic carboxylic acids is 3. The molecule has 1 aliphatic rings. The average molecular weight is 1290 g/mol. The van der Waals surface area contributed by atoms with Gasteiger partial charge in [0.25, 0.3) is 0 Å². The van der Waals surface area contributed by atoms with Gasteiger partial charge in [0, 0.05) is 51.2 Å². The van der Waals surface area contributed by atoms with Gasteiger partial charge in [0.2, 0.25) is 53.2 Å². The number of guanidine groups is 1. The van der Waals surface area contributed by atoms with Crippen LogP contribution in [0.15, 0.2) is 97.3 Å². The zero-order chi connectivity index (χ0) is 68.3. The predicted molar refractivity (Wildman–Crippen MR) is 337 cm³/mol. The van der Waals surface area contributed by atoms with Gasteiger partial charge in [-0.15, -0.1) is 0 Å². The Morgan fingerprint density at radius 3 is 1.67 bits per heavy atom. The van der Waals surface area contributed by atoms with Crippen LogP contribution in [0, 0.1) is 11.3 Å². The van der Waals surface area contributed by atoms with E-state index in [0.717, 1.165) is 16.3 Å². The summed E-state index contributed by atoms with van der Waals surface area (Å²) in [6.07, 6.45) is 0.325. The molecule has 4 aromatic rings. The number of nitrogens with one attached hydrogen (secondary N) is 10. The summed E-state index contributed by atoms with van der Waals surface area (Å²) in [7, 11) is 0. The fraction of sp³-hybridized carbons (Fsp3) is 0.460. The number of aromatic nitrogens is 1. The van der Waals surface area contributed by atoms with Gasteiger partial charge in [-0.1, -0.05) is 92.7 Å². The molecule has 3 aromatic carbocycles. The van der Waals surface area contributed by atoms with Gasteiger partial charge in [0.15, 0.2) is 5.96 Å². The summed E-state index contributed by atoms with van der Waals surface area (Å²) < 4.78 is 0. The first-order valence-corrected chi connectivity index (χ1v) is 30.5. The third-order valence-electron chi connectivity index (χ3n) is 15.2. The number of nitrogens with two attached hydrogens (primary N) is 2. The van der Waals surface area contributed by atoms with Crippen molar-refractivity contribution in [2.45, 2.75) is 158 Å². The monoisotopic (exact) mass is 1290 g/mol. The molecule has 1 fully saturated rings. The summed E-state index contributed by atoms with van der Waals surface area (Å²) in [5.41, 5.74) is 13.7. The first-order chi connectivity index (χ1) is 44.2. The van der Waals surface area contributed by atoms with Crippen LogP contribution >= 0.6 is 0 Å². The first kappa shape index (κ1) is 73.6. The lowest BCUT2D eigenvalue weighted by atomic mass is 10.00. The Kier molecular flexibility index (Phi) is 29.0. The number of aliphatic hydroxyl groups excluding tert-OH is 1. The van der Waals surface area contributed by atoms with Crippen LogP contribution in [0.4, 0.5) is 0 Å². The second-order valence-electron chi connectivity index (χ2n) is 23.1. The van der Waals surface area contributed by atoms with E-state index in [4.69, 9.17) is 16.9 Å². The van der Waals surface area contributed by atoms with Gasteiger partial charge in [-0.25, -0.2) is 0 Å². The van der Waals surface area contributed by atoms with Gasteiger partial charge in [-0.05, 0) is 97.7 Å². The Hall–Kier alpha value is -10.1. The third kappa shape index (κ3) is 24.2. The molecular formula is C63H84N14O16. The number of pyridine rings is 1. The van der Waals surface area contributed by atoms with Crippen molar-refractivity contribution in [2.75, 3.05) is 19.7 Å². The molecule has 93 heavy (non-hydrogen) atoms. The smallest absolute Gasteiger partial charge is 0.325 e. The van der Waals surface area contributed by atoms with Crippen molar-refractivity contribution in [2.24, 2.45) is 17.4 Å². The van der Waals surface area contributed by atoms with E-state index in [1.807, 2.05) is 42.5 Å². The Balaban J connectivity index is 1.34. The highest BCUT2D eigenvalue weighted by Crippen LogP contribution is 2.22. The zero-order valence-corrected chi connectivity index (χ0v) is 51.9. The minimum Gasteiger partial charge on any atom is -0.481 e. The van der Waals surface area contributed by atoms with Crippen molar-refractivity contribution in [1.29, 1.82) is 5.41 Å². The molecule has 1 aliphatic heterocycles. The predicted octanol–water partition coefficient (Wildman–Crippen LogP) is -1.40. The van der Waals surface area contributed by atoms with E-state index in [9.17, 15) is 78.0 Å². The quantitative estimate of drug-likeness (QED) is 0.0140. The Morgan fingerprint density at radius 2 is 1.10 bits per heavy atom. The van der Waals surface area contributed by atoms with Gasteiger partial charge in [0.1, 0.15) is 54.4 Å². The Morgan fingerprint density at radius 1 is 0.581 bits per heavy atom. The highest BCUT2D eigenvalue weighted by Gasteiger charge is 2.40. The maximum Gasteiger partial charge on any atom is 0.325 e. The van der Waals surface area contributed by atoms with Crippen LogP contribution in [-0.4, -0.2) is 187 Å². The number of likely N-dealkylation sites (tertiary alicyclic amines) is 1. The number of carboxylic acids is 3. The van der Waals surface area contributed by atoms with Crippen molar-refractivity contribution < 1.29 is 78.0 Å². The van der Waals surface area contributed by atoms with Crippen LogP contribution in [0.2, 0.25) is 0 Å². The standard InChI is InChI=1S/C63H84N14O16/c1-35(2)28-46(56(86)72-45(17-10-26-68-63(65)66)61(91)77-27-11-18-50(77)60(90)69-36(3)62(92)93)74-55(85)44(22-24-52(81)82)70-54(84)43(21-23-51(79)80)71-59(89)49(34-78)76-58(88)48(32-39-14-9-25-67-33-39)75-57(87)47(31-37-12-5-4-6-13-37)73-53(83)42(64)30-38-19-20-40-15-7-8-16-41(40)29-38/h4-9,12-16,19-20,25,29,33,35-36,42-50,78H,10-11,17-18,21-24,26-28,30-32,34,64H2,1-3H3,(H,69,90)(H,70,84)(H,71,89)(H,72,86)(H,73,83)(H,74,85)(H,75,87)(H,76,88)(H,79,80)(H,81,82)(H,92,93)(H4,65,66,68)/t36-,42-,43-,44-,45+,46+,47-,48-,49+,50+/m1/s1. The lowest BCUT2D eigenvalue weighted by Crippen LogP contribution is -2.61. The first-order valence-electron chi connectivity index (χ1n) is 30.5. The number of aliphatic hydroxyl groups is 1. The van der Waals surface area contributed by atoms with Crippen molar-refractivity contribution in [3.8, 4) is 0 Å². The normalized spacial score (nSPS) is 15.6. The number of benzene rings is 3. The van der Waals surface area contributed by atoms with Crippen LogP contribution in [0.1, 0.15) is 95.2 Å². The summed E-state index contributed by atoms with van der Waals surface area (Å²) in [6.45, 7) is 3.65. The molecule has 1 aromatic heterocycles. The molecule has 0 spiro atoms. The lowest BCUT2D eigenvalue weighted by molar-refractivity contribution is -0.144. The highest BCUT2D eigenvalue weighted by atomic mass is 16.4. The maximum absolute atomic E-state index is 14.4. The Bertz CT molecular complexity index is 3290. The minimum absolute atomic E-state index is 0.0643. The van der Waals surface area contributed by atoms with Crippen LogP contribution in [0.3, 0.4) is 0 Å². The van der Waals surface area contributed by atoms with Gasteiger partial charge in [0.05, 0.1) is 12.6 Å². The summed E-state index contributed by atoms with van der Waals surface area (Å²) in [6, 6.07) is 10.3. The van der Waals surface area contributed by atoms with E-state index in [1.165, 1.54) is 24.2 Å².